The Morgan fingerprint density at radius 2 is 1.82 bits per heavy atom. The van der Waals surface area contributed by atoms with Crippen LogP contribution in [0.5, 0.6) is 5.88 Å². The third-order valence-electron chi connectivity index (χ3n) is 2.20. The van der Waals surface area contributed by atoms with Gasteiger partial charge >= 0.3 is 0 Å². The Kier molecular flexibility index (Phi) is 4.48. The summed E-state index contributed by atoms with van der Waals surface area (Å²) in [5.41, 5.74) is 1.03. The monoisotopic (exact) mass is 229 g/mol. The van der Waals surface area contributed by atoms with Crippen molar-refractivity contribution in [1.29, 1.82) is 0 Å². The maximum Gasteiger partial charge on any atom is 0.213 e. The summed E-state index contributed by atoms with van der Waals surface area (Å²) in [4.78, 5) is 8.29. The minimum Gasteiger partial charge on any atom is -0.476 e. The molecule has 0 fully saturated rings. The number of aromatic nitrogens is 2. The molecule has 2 aromatic rings. The Hall–Kier alpha value is -1.94. The lowest BCUT2D eigenvalue weighted by Gasteiger charge is -2.06. The lowest BCUT2D eigenvalue weighted by atomic mass is 10.3. The summed E-state index contributed by atoms with van der Waals surface area (Å²) in [6.07, 6.45) is 3.51. The van der Waals surface area contributed by atoms with Crippen LogP contribution >= 0.6 is 0 Å². The first-order valence-corrected chi connectivity index (χ1v) is 5.59. The van der Waals surface area contributed by atoms with Crippen LogP contribution in [0.4, 0.5) is 0 Å². The Bertz CT molecular complexity index is 378. The van der Waals surface area contributed by atoms with Gasteiger partial charge in [0.1, 0.15) is 6.61 Å². The van der Waals surface area contributed by atoms with Crippen LogP contribution in [0.25, 0.3) is 0 Å². The van der Waals surface area contributed by atoms with E-state index in [2.05, 4.69) is 15.3 Å². The molecule has 0 amide bonds. The van der Waals surface area contributed by atoms with E-state index in [1.807, 2.05) is 36.4 Å². The molecule has 1 N–H and O–H groups in total. The first-order chi connectivity index (χ1) is 8.45. The molecule has 0 aromatic carbocycles. The van der Waals surface area contributed by atoms with Crippen molar-refractivity contribution in [3.63, 3.8) is 0 Å². The predicted molar refractivity (Wildman–Crippen MR) is 65.7 cm³/mol. The summed E-state index contributed by atoms with van der Waals surface area (Å²) in [5, 5.41) is 3.26. The molecule has 0 saturated carbocycles. The second kappa shape index (κ2) is 6.60. The van der Waals surface area contributed by atoms with Crippen LogP contribution in [-0.2, 0) is 6.54 Å². The Labute approximate surface area is 101 Å². The maximum absolute atomic E-state index is 5.45. The maximum atomic E-state index is 5.45. The van der Waals surface area contributed by atoms with Gasteiger partial charge in [-0.25, -0.2) is 4.98 Å². The van der Waals surface area contributed by atoms with E-state index in [4.69, 9.17) is 4.74 Å². The smallest absolute Gasteiger partial charge is 0.213 e. The van der Waals surface area contributed by atoms with Gasteiger partial charge in [-0.1, -0.05) is 12.1 Å². The number of hydrogen-bond acceptors (Lipinski definition) is 4. The molecule has 0 radical (unpaired) electrons. The average Bonchev–Trinajstić information content (AvgIpc) is 2.41. The van der Waals surface area contributed by atoms with Gasteiger partial charge in [-0.2, -0.15) is 0 Å². The molecule has 0 spiro atoms. The summed E-state index contributed by atoms with van der Waals surface area (Å²) in [6, 6.07) is 11.5. The highest BCUT2D eigenvalue weighted by atomic mass is 16.5. The molecular weight excluding hydrogens is 214 g/mol. The van der Waals surface area contributed by atoms with E-state index in [1.165, 1.54) is 0 Å². The molecule has 0 aliphatic carbocycles. The normalized spacial score (nSPS) is 10.1. The molecule has 17 heavy (non-hydrogen) atoms. The Balaban J connectivity index is 1.61. The van der Waals surface area contributed by atoms with Crippen molar-refractivity contribution in [2.24, 2.45) is 0 Å². The van der Waals surface area contributed by atoms with Gasteiger partial charge in [-0.3, -0.25) is 4.98 Å². The zero-order valence-corrected chi connectivity index (χ0v) is 9.54. The quantitative estimate of drug-likeness (QED) is 0.765. The van der Waals surface area contributed by atoms with E-state index in [-0.39, 0.29) is 0 Å². The molecule has 0 unspecified atom stereocenters. The number of ether oxygens (including phenoxy) is 1. The number of nitrogens with zero attached hydrogens (tertiary/aromatic N) is 2. The van der Waals surface area contributed by atoms with Crippen LogP contribution < -0.4 is 10.1 Å². The molecule has 2 aromatic heterocycles. The average molecular weight is 229 g/mol. The molecule has 0 atom stereocenters. The highest BCUT2D eigenvalue weighted by molar-refractivity contribution is 5.09. The van der Waals surface area contributed by atoms with Crippen molar-refractivity contribution in [1.82, 2.24) is 15.3 Å². The second-order valence-corrected chi connectivity index (χ2v) is 3.51. The second-order valence-electron chi connectivity index (χ2n) is 3.51. The van der Waals surface area contributed by atoms with Crippen molar-refractivity contribution in [3.8, 4) is 5.88 Å². The third-order valence-corrected chi connectivity index (χ3v) is 2.20. The lowest BCUT2D eigenvalue weighted by molar-refractivity contribution is 0.302. The number of rotatable bonds is 6. The number of pyridine rings is 2. The largest absolute Gasteiger partial charge is 0.476 e. The van der Waals surface area contributed by atoms with E-state index in [1.54, 1.807) is 12.4 Å². The summed E-state index contributed by atoms with van der Waals surface area (Å²) in [7, 11) is 0. The van der Waals surface area contributed by atoms with Crippen LogP contribution in [0.3, 0.4) is 0 Å². The van der Waals surface area contributed by atoms with E-state index in [0.29, 0.717) is 12.5 Å². The van der Waals surface area contributed by atoms with Crippen LogP contribution in [0.15, 0.2) is 48.8 Å². The van der Waals surface area contributed by atoms with Gasteiger partial charge < -0.3 is 10.1 Å². The van der Waals surface area contributed by atoms with Gasteiger partial charge in [0, 0.05) is 31.5 Å². The SMILES string of the molecule is c1ccc(CNCCOc2ccccn2)nc1. The fourth-order valence-corrected chi connectivity index (χ4v) is 1.38. The fraction of sp³-hybridized carbons (Fsp3) is 0.231. The van der Waals surface area contributed by atoms with Gasteiger partial charge in [0.2, 0.25) is 5.88 Å². The Morgan fingerprint density at radius 3 is 2.53 bits per heavy atom. The fourth-order valence-electron chi connectivity index (χ4n) is 1.38. The third kappa shape index (κ3) is 4.20. The zero-order valence-electron chi connectivity index (χ0n) is 9.54. The number of hydrogen-bond donors (Lipinski definition) is 1. The van der Waals surface area contributed by atoms with E-state index >= 15 is 0 Å². The van der Waals surface area contributed by atoms with Crippen LogP contribution in [0.1, 0.15) is 5.69 Å². The molecular formula is C13H15N3O. The molecule has 2 rings (SSSR count). The van der Waals surface area contributed by atoms with Crippen LogP contribution in [-0.4, -0.2) is 23.1 Å². The van der Waals surface area contributed by atoms with Crippen molar-refractivity contribution < 1.29 is 4.74 Å². The van der Waals surface area contributed by atoms with Crippen molar-refractivity contribution in [2.75, 3.05) is 13.2 Å². The van der Waals surface area contributed by atoms with E-state index < -0.39 is 0 Å². The molecule has 88 valence electrons. The topological polar surface area (TPSA) is 47.0 Å². The first-order valence-electron chi connectivity index (χ1n) is 5.59. The molecule has 4 nitrogen and oxygen atoms in total. The van der Waals surface area contributed by atoms with Gasteiger partial charge in [0.05, 0.1) is 5.69 Å². The van der Waals surface area contributed by atoms with E-state index in [0.717, 1.165) is 18.8 Å². The standard InChI is InChI=1S/C13H15N3O/c1-3-7-15-12(5-1)11-14-9-10-17-13-6-2-4-8-16-13/h1-8,14H,9-11H2. The van der Waals surface area contributed by atoms with Gasteiger partial charge in [0.15, 0.2) is 0 Å². The molecule has 0 saturated heterocycles. The summed E-state index contributed by atoms with van der Waals surface area (Å²) in [6.45, 7) is 2.13. The van der Waals surface area contributed by atoms with Gasteiger partial charge in [0.25, 0.3) is 0 Å². The minimum absolute atomic E-state index is 0.601. The number of nitrogens with one attached hydrogen (secondary N) is 1. The highest BCUT2D eigenvalue weighted by Crippen LogP contribution is 2.01. The predicted octanol–water partition coefficient (Wildman–Crippen LogP) is 1.65. The van der Waals surface area contributed by atoms with Crippen LogP contribution in [0, 0.1) is 0 Å². The van der Waals surface area contributed by atoms with Gasteiger partial charge in [-0.15, -0.1) is 0 Å². The van der Waals surface area contributed by atoms with Crippen molar-refractivity contribution in [3.05, 3.63) is 54.5 Å². The molecule has 4 heteroatoms. The van der Waals surface area contributed by atoms with Gasteiger partial charge in [-0.05, 0) is 18.2 Å². The molecule has 2 heterocycles. The van der Waals surface area contributed by atoms with Crippen molar-refractivity contribution >= 4 is 0 Å². The highest BCUT2D eigenvalue weighted by Gasteiger charge is 1.94. The van der Waals surface area contributed by atoms with Crippen molar-refractivity contribution in [2.45, 2.75) is 6.54 Å². The Morgan fingerprint density at radius 1 is 1.00 bits per heavy atom. The molecule has 0 aliphatic heterocycles. The zero-order chi connectivity index (χ0) is 11.8. The molecule has 0 bridgehead atoms. The summed E-state index contributed by atoms with van der Waals surface area (Å²) >= 11 is 0. The van der Waals surface area contributed by atoms with E-state index in [9.17, 15) is 0 Å². The minimum atomic E-state index is 0.601. The summed E-state index contributed by atoms with van der Waals surface area (Å²) in [5.74, 6) is 0.659. The summed E-state index contributed by atoms with van der Waals surface area (Å²) < 4.78 is 5.45. The lowest BCUT2D eigenvalue weighted by Crippen LogP contribution is -2.21. The first kappa shape index (κ1) is 11.5. The molecule has 0 aliphatic rings. The van der Waals surface area contributed by atoms with Crippen LogP contribution in [0.2, 0.25) is 0 Å².